The highest BCUT2D eigenvalue weighted by atomic mass is 16.3. The van der Waals surface area contributed by atoms with Crippen molar-refractivity contribution in [2.75, 3.05) is 26.2 Å². The highest BCUT2D eigenvalue weighted by Gasteiger charge is 2.07. The molecule has 0 rings (SSSR count). The molecule has 0 aromatic carbocycles. The molecule has 4 heteroatoms. The number of aliphatic hydroxyl groups excluding tert-OH is 1. The first-order valence-corrected chi connectivity index (χ1v) is 5.17. The Morgan fingerprint density at radius 1 is 1.43 bits per heavy atom. The van der Waals surface area contributed by atoms with E-state index in [1.54, 1.807) is 0 Å². The number of hydrogen-bond acceptors (Lipinski definition) is 3. The quantitative estimate of drug-likeness (QED) is 0.621. The standard InChI is InChI=1S/C10H22N2O2/c1-9(2)12(6-4-8-13)7-5-11-10(3)14/h9,13H,4-8H2,1-3H3,(H,11,14). The van der Waals surface area contributed by atoms with Crippen LogP contribution >= 0.6 is 0 Å². The average Bonchev–Trinajstić information content (AvgIpc) is 2.09. The summed E-state index contributed by atoms with van der Waals surface area (Å²) in [6.45, 7) is 8.39. The van der Waals surface area contributed by atoms with E-state index in [0.29, 0.717) is 12.6 Å². The normalized spacial score (nSPS) is 11.0. The third kappa shape index (κ3) is 6.86. The molecule has 0 heterocycles. The molecule has 2 N–H and O–H groups in total. The van der Waals surface area contributed by atoms with Gasteiger partial charge in [0.05, 0.1) is 0 Å². The lowest BCUT2D eigenvalue weighted by atomic mass is 10.3. The fourth-order valence-corrected chi connectivity index (χ4v) is 1.28. The van der Waals surface area contributed by atoms with Crippen LogP contribution in [0.5, 0.6) is 0 Å². The van der Waals surface area contributed by atoms with Crippen LogP contribution in [-0.4, -0.2) is 48.2 Å². The van der Waals surface area contributed by atoms with E-state index in [-0.39, 0.29) is 12.5 Å². The molecule has 0 aromatic heterocycles. The maximum atomic E-state index is 10.6. The topological polar surface area (TPSA) is 52.6 Å². The Kier molecular flexibility index (Phi) is 7.42. The van der Waals surface area contributed by atoms with Gasteiger partial charge < -0.3 is 10.4 Å². The van der Waals surface area contributed by atoms with Crippen molar-refractivity contribution in [2.45, 2.75) is 33.2 Å². The van der Waals surface area contributed by atoms with Crippen LogP contribution in [-0.2, 0) is 4.79 Å². The number of nitrogens with one attached hydrogen (secondary N) is 1. The molecule has 0 atom stereocenters. The second-order valence-corrected chi connectivity index (χ2v) is 3.69. The second kappa shape index (κ2) is 7.76. The molecule has 14 heavy (non-hydrogen) atoms. The van der Waals surface area contributed by atoms with Crippen molar-refractivity contribution in [2.24, 2.45) is 0 Å². The lowest BCUT2D eigenvalue weighted by Crippen LogP contribution is -2.38. The van der Waals surface area contributed by atoms with Crippen molar-refractivity contribution in [1.29, 1.82) is 0 Å². The Labute approximate surface area is 86.3 Å². The summed E-state index contributed by atoms with van der Waals surface area (Å²) in [5, 5.41) is 11.5. The van der Waals surface area contributed by atoms with Gasteiger partial charge >= 0.3 is 0 Å². The van der Waals surface area contributed by atoms with E-state index in [4.69, 9.17) is 5.11 Å². The van der Waals surface area contributed by atoms with Crippen molar-refractivity contribution in [3.8, 4) is 0 Å². The fourth-order valence-electron chi connectivity index (χ4n) is 1.28. The predicted molar refractivity (Wildman–Crippen MR) is 57.1 cm³/mol. The van der Waals surface area contributed by atoms with E-state index >= 15 is 0 Å². The molecule has 0 saturated heterocycles. The van der Waals surface area contributed by atoms with Gasteiger partial charge in [-0.2, -0.15) is 0 Å². The van der Waals surface area contributed by atoms with E-state index in [1.165, 1.54) is 6.92 Å². The number of nitrogens with zero attached hydrogens (tertiary/aromatic N) is 1. The first-order chi connectivity index (χ1) is 6.57. The Bertz CT molecular complexity index is 160. The predicted octanol–water partition coefficient (Wildman–Crippen LogP) is 0.215. The van der Waals surface area contributed by atoms with Crippen LogP contribution in [0.2, 0.25) is 0 Å². The molecule has 0 fully saturated rings. The maximum absolute atomic E-state index is 10.6. The summed E-state index contributed by atoms with van der Waals surface area (Å²) in [5.41, 5.74) is 0. The zero-order valence-corrected chi connectivity index (χ0v) is 9.42. The van der Waals surface area contributed by atoms with Crippen molar-refractivity contribution in [3.63, 3.8) is 0 Å². The van der Waals surface area contributed by atoms with Crippen LogP contribution < -0.4 is 5.32 Å². The van der Waals surface area contributed by atoms with E-state index in [0.717, 1.165) is 19.5 Å². The molecule has 0 aliphatic heterocycles. The van der Waals surface area contributed by atoms with Gasteiger partial charge in [0.1, 0.15) is 0 Å². The van der Waals surface area contributed by atoms with Crippen LogP contribution in [0, 0.1) is 0 Å². The minimum absolute atomic E-state index is 0.0101. The van der Waals surface area contributed by atoms with Gasteiger partial charge in [-0.05, 0) is 20.3 Å². The van der Waals surface area contributed by atoms with E-state index in [1.807, 2.05) is 0 Å². The minimum Gasteiger partial charge on any atom is -0.396 e. The second-order valence-electron chi connectivity index (χ2n) is 3.69. The van der Waals surface area contributed by atoms with Crippen molar-refractivity contribution < 1.29 is 9.90 Å². The van der Waals surface area contributed by atoms with E-state index in [9.17, 15) is 4.79 Å². The lowest BCUT2D eigenvalue weighted by Gasteiger charge is -2.26. The van der Waals surface area contributed by atoms with Gasteiger partial charge in [-0.15, -0.1) is 0 Å². The molecule has 0 aromatic rings. The third-order valence-electron chi connectivity index (χ3n) is 2.11. The fraction of sp³-hybridized carbons (Fsp3) is 0.900. The van der Waals surface area contributed by atoms with Crippen molar-refractivity contribution in [3.05, 3.63) is 0 Å². The van der Waals surface area contributed by atoms with Crippen LogP contribution in [0.15, 0.2) is 0 Å². The summed E-state index contributed by atoms with van der Waals surface area (Å²) in [5.74, 6) is 0.0101. The molecule has 84 valence electrons. The molecule has 0 radical (unpaired) electrons. The van der Waals surface area contributed by atoms with Gasteiger partial charge in [0.2, 0.25) is 5.91 Å². The molecular formula is C10H22N2O2. The monoisotopic (exact) mass is 202 g/mol. The molecule has 0 aliphatic rings. The van der Waals surface area contributed by atoms with Gasteiger partial charge in [0.15, 0.2) is 0 Å². The van der Waals surface area contributed by atoms with Crippen molar-refractivity contribution >= 4 is 5.91 Å². The first-order valence-electron chi connectivity index (χ1n) is 5.17. The number of amides is 1. The largest absolute Gasteiger partial charge is 0.396 e. The number of rotatable bonds is 7. The number of hydrogen-bond donors (Lipinski definition) is 2. The molecule has 0 aliphatic carbocycles. The smallest absolute Gasteiger partial charge is 0.216 e. The Morgan fingerprint density at radius 2 is 2.07 bits per heavy atom. The van der Waals surface area contributed by atoms with Crippen LogP contribution in [0.4, 0.5) is 0 Å². The number of aliphatic hydroxyl groups is 1. The lowest BCUT2D eigenvalue weighted by molar-refractivity contribution is -0.119. The SMILES string of the molecule is CC(=O)NCCN(CCCO)C(C)C. The van der Waals surface area contributed by atoms with E-state index in [2.05, 4.69) is 24.1 Å². The van der Waals surface area contributed by atoms with Gasteiger partial charge in [-0.25, -0.2) is 0 Å². The molecule has 1 amide bonds. The number of carbonyl (C=O) groups excluding carboxylic acids is 1. The molecule has 0 spiro atoms. The van der Waals surface area contributed by atoms with Crippen LogP contribution in [0.25, 0.3) is 0 Å². The summed E-state index contributed by atoms with van der Waals surface area (Å²) in [4.78, 5) is 12.9. The molecule has 0 unspecified atom stereocenters. The van der Waals surface area contributed by atoms with Gasteiger partial charge in [0, 0.05) is 39.2 Å². The summed E-state index contributed by atoms with van der Waals surface area (Å²) in [7, 11) is 0. The third-order valence-corrected chi connectivity index (χ3v) is 2.11. The summed E-state index contributed by atoms with van der Waals surface area (Å²) >= 11 is 0. The maximum Gasteiger partial charge on any atom is 0.216 e. The van der Waals surface area contributed by atoms with Gasteiger partial charge in [-0.3, -0.25) is 9.69 Å². The van der Waals surface area contributed by atoms with Crippen molar-refractivity contribution in [1.82, 2.24) is 10.2 Å². The average molecular weight is 202 g/mol. The summed E-state index contributed by atoms with van der Waals surface area (Å²) in [6, 6.07) is 0.454. The summed E-state index contributed by atoms with van der Waals surface area (Å²) in [6.07, 6.45) is 0.790. The molecule has 0 bridgehead atoms. The number of carbonyl (C=O) groups is 1. The highest BCUT2D eigenvalue weighted by molar-refractivity contribution is 5.72. The van der Waals surface area contributed by atoms with Crippen LogP contribution in [0.3, 0.4) is 0 Å². The van der Waals surface area contributed by atoms with Crippen LogP contribution in [0.1, 0.15) is 27.2 Å². The van der Waals surface area contributed by atoms with E-state index < -0.39 is 0 Å². The molecule has 4 nitrogen and oxygen atoms in total. The minimum atomic E-state index is 0.0101. The van der Waals surface area contributed by atoms with Gasteiger partial charge in [0.25, 0.3) is 0 Å². The first kappa shape index (κ1) is 13.4. The van der Waals surface area contributed by atoms with Gasteiger partial charge in [-0.1, -0.05) is 0 Å². The molecular weight excluding hydrogens is 180 g/mol. The zero-order chi connectivity index (χ0) is 11.0. The highest BCUT2D eigenvalue weighted by Crippen LogP contribution is 1.98. The Balaban J connectivity index is 3.67. The Hall–Kier alpha value is -0.610. The summed E-state index contributed by atoms with van der Waals surface area (Å²) < 4.78 is 0. The molecule has 0 saturated carbocycles. The zero-order valence-electron chi connectivity index (χ0n) is 9.42. The Morgan fingerprint density at radius 3 is 2.50 bits per heavy atom.